The lowest BCUT2D eigenvalue weighted by molar-refractivity contribution is 0.337. The standard InChI is InChI=1S/C15H21N3O2/c1-9(2)12-4-5-19-14(12)15-17-13(20-18-15)6-11-8-16-7-10(11)3/h4-5,9-11,16H,6-8H2,1-3H3/t10-,11-/m0/s1. The topological polar surface area (TPSA) is 64.1 Å². The van der Waals surface area contributed by atoms with Gasteiger partial charge >= 0.3 is 0 Å². The van der Waals surface area contributed by atoms with E-state index in [1.54, 1.807) is 6.26 Å². The third kappa shape index (κ3) is 2.50. The van der Waals surface area contributed by atoms with E-state index in [4.69, 9.17) is 8.94 Å². The van der Waals surface area contributed by atoms with Crippen molar-refractivity contribution in [2.24, 2.45) is 11.8 Å². The normalized spacial score (nSPS) is 22.8. The van der Waals surface area contributed by atoms with Gasteiger partial charge in [-0.1, -0.05) is 25.9 Å². The largest absolute Gasteiger partial charge is 0.461 e. The van der Waals surface area contributed by atoms with Crippen molar-refractivity contribution < 1.29 is 8.94 Å². The van der Waals surface area contributed by atoms with Crippen LogP contribution in [0.5, 0.6) is 0 Å². The highest BCUT2D eigenvalue weighted by molar-refractivity contribution is 5.52. The zero-order valence-electron chi connectivity index (χ0n) is 12.2. The van der Waals surface area contributed by atoms with Crippen molar-refractivity contribution in [3.8, 4) is 11.6 Å². The van der Waals surface area contributed by atoms with Crippen LogP contribution >= 0.6 is 0 Å². The average molecular weight is 275 g/mol. The van der Waals surface area contributed by atoms with E-state index in [2.05, 4.69) is 36.2 Å². The number of rotatable bonds is 4. The van der Waals surface area contributed by atoms with Crippen LogP contribution < -0.4 is 5.32 Å². The highest BCUT2D eigenvalue weighted by atomic mass is 16.5. The quantitative estimate of drug-likeness (QED) is 0.929. The van der Waals surface area contributed by atoms with Crippen molar-refractivity contribution in [2.45, 2.75) is 33.1 Å². The van der Waals surface area contributed by atoms with Crippen LogP contribution in [-0.4, -0.2) is 23.2 Å². The molecule has 5 heteroatoms. The van der Waals surface area contributed by atoms with Crippen LogP contribution in [0.15, 0.2) is 21.3 Å². The second-order valence-corrected chi connectivity index (χ2v) is 5.97. The van der Waals surface area contributed by atoms with Gasteiger partial charge in [-0.2, -0.15) is 4.98 Å². The number of hydrogen-bond donors (Lipinski definition) is 1. The summed E-state index contributed by atoms with van der Waals surface area (Å²) in [5.74, 6) is 3.60. The maximum absolute atomic E-state index is 5.52. The van der Waals surface area contributed by atoms with Crippen molar-refractivity contribution >= 4 is 0 Å². The van der Waals surface area contributed by atoms with E-state index in [9.17, 15) is 0 Å². The summed E-state index contributed by atoms with van der Waals surface area (Å²) in [7, 11) is 0. The minimum atomic E-state index is 0.379. The second kappa shape index (κ2) is 5.40. The highest BCUT2D eigenvalue weighted by Gasteiger charge is 2.26. The SMILES string of the molecule is CC(C)c1ccoc1-c1noc(C[C@H]2CNC[C@@H]2C)n1. The Bertz CT molecular complexity index is 573. The number of aromatic nitrogens is 2. The van der Waals surface area contributed by atoms with E-state index in [1.165, 1.54) is 0 Å². The lowest BCUT2D eigenvalue weighted by atomic mass is 9.95. The van der Waals surface area contributed by atoms with E-state index in [-0.39, 0.29) is 0 Å². The van der Waals surface area contributed by atoms with E-state index < -0.39 is 0 Å². The molecule has 0 saturated carbocycles. The molecule has 0 spiro atoms. The van der Waals surface area contributed by atoms with Crippen LogP contribution in [0, 0.1) is 11.8 Å². The Kier molecular flexibility index (Phi) is 3.61. The Morgan fingerprint density at radius 1 is 1.40 bits per heavy atom. The zero-order chi connectivity index (χ0) is 14.1. The molecule has 2 atom stereocenters. The number of nitrogens with one attached hydrogen (secondary N) is 1. The van der Waals surface area contributed by atoms with E-state index >= 15 is 0 Å². The van der Waals surface area contributed by atoms with Crippen molar-refractivity contribution in [2.75, 3.05) is 13.1 Å². The summed E-state index contributed by atoms with van der Waals surface area (Å²) in [4.78, 5) is 4.49. The minimum absolute atomic E-state index is 0.379. The van der Waals surface area contributed by atoms with Crippen LogP contribution in [0.2, 0.25) is 0 Å². The Hall–Kier alpha value is -1.62. The summed E-state index contributed by atoms with van der Waals surface area (Å²) in [5.41, 5.74) is 1.12. The Labute approximate surface area is 118 Å². The molecule has 1 fully saturated rings. The molecule has 3 rings (SSSR count). The van der Waals surface area contributed by atoms with Gasteiger partial charge in [0.05, 0.1) is 6.26 Å². The van der Waals surface area contributed by atoms with Crippen molar-refractivity contribution in [3.05, 3.63) is 23.8 Å². The van der Waals surface area contributed by atoms with Crippen molar-refractivity contribution in [1.29, 1.82) is 0 Å². The second-order valence-electron chi connectivity index (χ2n) is 5.97. The Morgan fingerprint density at radius 2 is 2.25 bits per heavy atom. The fourth-order valence-electron chi connectivity index (χ4n) is 2.75. The number of hydrogen-bond acceptors (Lipinski definition) is 5. The van der Waals surface area contributed by atoms with Crippen LogP contribution in [-0.2, 0) is 6.42 Å². The monoisotopic (exact) mass is 275 g/mol. The first kappa shape index (κ1) is 13.4. The molecule has 1 N–H and O–H groups in total. The van der Waals surface area contributed by atoms with Crippen LogP contribution in [0.4, 0.5) is 0 Å². The molecule has 108 valence electrons. The molecule has 20 heavy (non-hydrogen) atoms. The lowest BCUT2D eigenvalue weighted by Gasteiger charge is -2.10. The van der Waals surface area contributed by atoms with Gasteiger partial charge in [0.25, 0.3) is 0 Å². The molecule has 2 aromatic heterocycles. The first-order valence-electron chi connectivity index (χ1n) is 7.26. The van der Waals surface area contributed by atoms with Gasteiger partial charge < -0.3 is 14.3 Å². The van der Waals surface area contributed by atoms with Gasteiger partial charge in [-0.3, -0.25) is 0 Å². The van der Waals surface area contributed by atoms with Crippen LogP contribution in [0.25, 0.3) is 11.6 Å². The lowest BCUT2D eigenvalue weighted by Crippen LogP contribution is -2.13. The first-order valence-corrected chi connectivity index (χ1v) is 7.26. The molecule has 0 amide bonds. The molecular formula is C15H21N3O2. The van der Waals surface area contributed by atoms with Gasteiger partial charge in [0.2, 0.25) is 11.7 Å². The van der Waals surface area contributed by atoms with Gasteiger partial charge in [0.1, 0.15) is 0 Å². The molecule has 0 aromatic carbocycles. The summed E-state index contributed by atoms with van der Waals surface area (Å²) in [6, 6.07) is 1.97. The Morgan fingerprint density at radius 3 is 2.95 bits per heavy atom. The third-order valence-electron chi connectivity index (χ3n) is 4.10. The van der Waals surface area contributed by atoms with Gasteiger partial charge in [-0.05, 0) is 36.9 Å². The maximum atomic E-state index is 5.52. The molecule has 1 aliphatic rings. The Balaban J connectivity index is 1.78. The molecule has 0 aliphatic carbocycles. The molecule has 3 heterocycles. The summed E-state index contributed by atoms with van der Waals surface area (Å²) in [6.07, 6.45) is 2.52. The van der Waals surface area contributed by atoms with E-state index in [1.807, 2.05) is 6.07 Å². The van der Waals surface area contributed by atoms with E-state index in [0.29, 0.717) is 29.5 Å². The summed E-state index contributed by atoms with van der Waals surface area (Å²) in [5, 5.41) is 7.46. The summed E-state index contributed by atoms with van der Waals surface area (Å²) < 4.78 is 10.9. The van der Waals surface area contributed by atoms with E-state index in [0.717, 1.165) is 30.8 Å². The van der Waals surface area contributed by atoms with Crippen molar-refractivity contribution in [3.63, 3.8) is 0 Å². The highest BCUT2D eigenvalue weighted by Crippen LogP contribution is 2.29. The van der Waals surface area contributed by atoms with Gasteiger partial charge in [0, 0.05) is 12.0 Å². The molecule has 0 unspecified atom stereocenters. The van der Waals surface area contributed by atoms with Crippen LogP contribution in [0.1, 0.15) is 38.1 Å². The smallest absolute Gasteiger partial charge is 0.238 e. The molecule has 1 aliphatic heterocycles. The number of nitrogens with zero attached hydrogens (tertiary/aromatic N) is 2. The van der Waals surface area contributed by atoms with Crippen molar-refractivity contribution in [1.82, 2.24) is 15.5 Å². The fraction of sp³-hybridized carbons (Fsp3) is 0.600. The average Bonchev–Trinajstić information content (AvgIpc) is 3.11. The fourth-order valence-corrected chi connectivity index (χ4v) is 2.75. The van der Waals surface area contributed by atoms with Crippen LogP contribution in [0.3, 0.4) is 0 Å². The predicted octanol–water partition coefficient (Wildman–Crippen LogP) is 2.85. The van der Waals surface area contributed by atoms with Gasteiger partial charge in [0.15, 0.2) is 5.76 Å². The predicted molar refractivity (Wildman–Crippen MR) is 75.3 cm³/mol. The minimum Gasteiger partial charge on any atom is -0.461 e. The zero-order valence-corrected chi connectivity index (χ0v) is 12.2. The molecule has 5 nitrogen and oxygen atoms in total. The molecular weight excluding hydrogens is 254 g/mol. The third-order valence-corrected chi connectivity index (χ3v) is 4.10. The molecule has 2 aromatic rings. The maximum Gasteiger partial charge on any atom is 0.238 e. The van der Waals surface area contributed by atoms with Gasteiger partial charge in [-0.25, -0.2) is 0 Å². The summed E-state index contributed by atoms with van der Waals surface area (Å²) >= 11 is 0. The molecule has 0 radical (unpaired) electrons. The number of furan rings is 1. The summed E-state index contributed by atoms with van der Waals surface area (Å²) in [6.45, 7) is 8.60. The molecule has 1 saturated heterocycles. The molecule has 0 bridgehead atoms. The van der Waals surface area contributed by atoms with Gasteiger partial charge in [-0.15, -0.1) is 0 Å². The first-order chi connectivity index (χ1) is 9.65.